The van der Waals surface area contributed by atoms with Gasteiger partial charge in [-0.25, -0.2) is 9.52 Å². The zero-order valence-corrected chi connectivity index (χ0v) is 14.1. The third-order valence-electron chi connectivity index (χ3n) is 2.23. The van der Waals surface area contributed by atoms with Crippen LogP contribution in [-0.2, 0) is 14.9 Å². The molecular formula is C12H17BrN2O4S. The molecule has 0 spiro atoms. The number of hydrogen-bond acceptors (Lipinski definition) is 4. The molecule has 112 valence electrons. The van der Waals surface area contributed by atoms with E-state index in [9.17, 15) is 13.2 Å². The highest BCUT2D eigenvalue weighted by atomic mass is 79.9. The molecule has 2 N–H and O–H groups in total. The molecule has 0 saturated heterocycles. The molecule has 20 heavy (non-hydrogen) atoms. The van der Waals surface area contributed by atoms with Crippen molar-refractivity contribution in [2.24, 2.45) is 0 Å². The van der Waals surface area contributed by atoms with E-state index in [1.165, 1.54) is 0 Å². The van der Waals surface area contributed by atoms with Gasteiger partial charge in [-0.05, 0) is 60.8 Å². The number of benzene rings is 1. The highest BCUT2D eigenvalue weighted by Crippen LogP contribution is 2.28. The number of amides is 1. The van der Waals surface area contributed by atoms with Gasteiger partial charge in [0.1, 0.15) is 0 Å². The van der Waals surface area contributed by atoms with E-state index in [0.717, 1.165) is 11.1 Å². The molecule has 0 aliphatic heterocycles. The van der Waals surface area contributed by atoms with Crippen LogP contribution >= 0.6 is 15.9 Å². The van der Waals surface area contributed by atoms with Crippen molar-refractivity contribution >= 4 is 37.9 Å². The average molecular weight is 365 g/mol. The van der Waals surface area contributed by atoms with Crippen LogP contribution in [0, 0.1) is 13.8 Å². The van der Waals surface area contributed by atoms with Crippen molar-refractivity contribution in [3.05, 3.63) is 27.7 Å². The minimum atomic E-state index is -4.04. The third-order valence-corrected chi connectivity index (χ3v) is 3.76. The monoisotopic (exact) mass is 364 g/mol. The second-order valence-electron chi connectivity index (χ2n) is 4.60. The molecule has 0 saturated carbocycles. The molecule has 0 aliphatic rings. The third kappa shape index (κ3) is 5.01. The lowest BCUT2D eigenvalue weighted by atomic mass is 10.1. The van der Waals surface area contributed by atoms with Crippen molar-refractivity contribution in [3.8, 4) is 0 Å². The van der Waals surface area contributed by atoms with Crippen LogP contribution in [-0.4, -0.2) is 20.6 Å². The Hall–Kier alpha value is -1.28. The molecule has 0 bridgehead atoms. The molecule has 1 aromatic rings. The highest BCUT2D eigenvalue weighted by molar-refractivity contribution is 9.10. The van der Waals surface area contributed by atoms with Gasteiger partial charge in [-0.1, -0.05) is 6.07 Å². The molecule has 0 heterocycles. The standard InChI is InChI=1S/C12H17BrN2O4S/c1-7(2)19-12(16)15-20(17,18)14-11-9(4)5-8(3)6-10(11)13/h5-7,14H,1-4H3,(H,15,16). The fourth-order valence-corrected chi connectivity index (χ4v) is 3.32. The van der Waals surface area contributed by atoms with Gasteiger partial charge in [-0.15, -0.1) is 0 Å². The van der Waals surface area contributed by atoms with Crippen LogP contribution in [0.4, 0.5) is 10.5 Å². The second-order valence-corrected chi connectivity index (χ2v) is 6.87. The fourth-order valence-electron chi connectivity index (χ4n) is 1.55. The van der Waals surface area contributed by atoms with E-state index in [-0.39, 0.29) is 0 Å². The van der Waals surface area contributed by atoms with Crippen LogP contribution in [0.15, 0.2) is 16.6 Å². The highest BCUT2D eigenvalue weighted by Gasteiger charge is 2.18. The van der Waals surface area contributed by atoms with Gasteiger partial charge in [0.05, 0.1) is 11.8 Å². The van der Waals surface area contributed by atoms with E-state index in [2.05, 4.69) is 20.7 Å². The Morgan fingerprint density at radius 1 is 1.30 bits per heavy atom. The van der Waals surface area contributed by atoms with Gasteiger partial charge in [0.25, 0.3) is 0 Å². The van der Waals surface area contributed by atoms with Gasteiger partial charge in [-0.3, -0.25) is 4.72 Å². The lowest BCUT2D eigenvalue weighted by Gasteiger charge is -2.14. The number of carbonyl (C=O) groups excluding carboxylic acids is 1. The average Bonchev–Trinajstić information content (AvgIpc) is 2.21. The largest absolute Gasteiger partial charge is 0.446 e. The second kappa shape index (κ2) is 6.45. The van der Waals surface area contributed by atoms with Crippen molar-refractivity contribution in [2.75, 3.05) is 4.72 Å². The minimum Gasteiger partial charge on any atom is -0.446 e. The zero-order chi connectivity index (χ0) is 15.5. The molecule has 1 rings (SSSR count). The Kier molecular flexibility index (Phi) is 5.41. The smallest absolute Gasteiger partial charge is 0.422 e. The minimum absolute atomic E-state index is 0.375. The number of hydrogen-bond donors (Lipinski definition) is 2. The topological polar surface area (TPSA) is 84.5 Å². The summed E-state index contributed by atoms with van der Waals surface area (Å²) >= 11 is 3.29. The molecule has 0 aliphatic carbocycles. The quantitative estimate of drug-likeness (QED) is 0.859. The zero-order valence-electron chi connectivity index (χ0n) is 11.7. The van der Waals surface area contributed by atoms with Gasteiger partial charge in [0.15, 0.2) is 0 Å². The maximum atomic E-state index is 11.8. The first kappa shape index (κ1) is 16.8. The summed E-state index contributed by atoms with van der Waals surface area (Å²) in [6, 6.07) is 3.60. The van der Waals surface area contributed by atoms with Crippen LogP contribution in [0.5, 0.6) is 0 Å². The predicted molar refractivity (Wildman–Crippen MR) is 80.9 cm³/mol. The molecule has 6 nitrogen and oxygen atoms in total. The Morgan fingerprint density at radius 2 is 1.90 bits per heavy atom. The summed E-state index contributed by atoms with van der Waals surface area (Å²) in [5.74, 6) is 0. The van der Waals surface area contributed by atoms with Crippen molar-refractivity contribution in [1.29, 1.82) is 0 Å². The Bertz CT molecular complexity index is 591. The summed E-state index contributed by atoms with van der Waals surface area (Å²) in [7, 11) is -4.04. The molecule has 8 heteroatoms. The molecule has 0 radical (unpaired) electrons. The van der Waals surface area contributed by atoms with Crippen molar-refractivity contribution < 1.29 is 17.9 Å². The Labute approximate surface area is 127 Å². The SMILES string of the molecule is Cc1cc(C)c(NS(=O)(=O)NC(=O)OC(C)C)c(Br)c1. The lowest BCUT2D eigenvalue weighted by Crippen LogP contribution is -2.37. The van der Waals surface area contributed by atoms with Crippen molar-refractivity contribution in [3.63, 3.8) is 0 Å². The van der Waals surface area contributed by atoms with Crippen LogP contribution in [0.1, 0.15) is 25.0 Å². The molecule has 0 atom stereocenters. The molecular weight excluding hydrogens is 348 g/mol. The van der Waals surface area contributed by atoms with Crippen LogP contribution in [0.2, 0.25) is 0 Å². The maximum absolute atomic E-state index is 11.8. The summed E-state index contributed by atoms with van der Waals surface area (Å²) < 4.78 is 33.1. The number of anilines is 1. The summed E-state index contributed by atoms with van der Waals surface area (Å²) in [6.45, 7) is 6.91. The number of ether oxygens (including phenoxy) is 1. The molecule has 0 fully saturated rings. The normalized spacial score (nSPS) is 11.3. The summed E-state index contributed by atoms with van der Waals surface area (Å²) in [6.07, 6.45) is -1.42. The summed E-state index contributed by atoms with van der Waals surface area (Å²) in [5.41, 5.74) is 2.10. The van der Waals surface area contributed by atoms with Gasteiger partial charge >= 0.3 is 16.3 Å². The van der Waals surface area contributed by atoms with Crippen molar-refractivity contribution in [2.45, 2.75) is 33.8 Å². The molecule has 1 amide bonds. The van der Waals surface area contributed by atoms with E-state index in [1.54, 1.807) is 31.6 Å². The van der Waals surface area contributed by atoms with Crippen LogP contribution in [0.25, 0.3) is 0 Å². The van der Waals surface area contributed by atoms with Gasteiger partial charge < -0.3 is 4.74 Å². The first-order valence-electron chi connectivity index (χ1n) is 5.88. The van der Waals surface area contributed by atoms with E-state index >= 15 is 0 Å². The predicted octanol–water partition coefficient (Wildman–Crippen LogP) is 2.86. The van der Waals surface area contributed by atoms with E-state index in [4.69, 9.17) is 4.74 Å². The van der Waals surface area contributed by atoms with Crippen LogP contribution < -0.4 is 9.44 Å². The van der Waals surface area contributed by atoms with Gasteiger partial charge in [0.2, 0.25) is 0 Å². The lowest BCUT2D eigenvalue weighted by molar-refractivity contribution is 0.121. The van der Waals surface area contributed by atoms with Crippen molar-refractivity contribution in [1.82, 2.24) is 4.72 Å². The summed E-state index contributed by atoms with van der Waals surface area (Å²) in [4.78, 5) is 11.3. The Morgan fingerprint density at radius 3 is 2.40 bits per heavy atom. The first-order valence-corrected chi connectivity index (χ1v) is 8.16. The van der Waals surface area contributed by atoms with E-state index < -0.39 is 22.4 Å². The number of carbonyl (C=O) groups is 1. The molecule has 1 aromatic carbocycles. The number of rotatable bonds is 4. The van der Waals surface area contributed by atoms with E-state index in [1.807, 2.05) is 13.0 Å². The van der Waals surface area contributed by atoms with E-state index in [0.29, 0.717) is 10.2 Å². The number of nitrogens with one attached hydrogen (secondary N) is 2. The van der Waals surface area contributed by atoms with Gasteiger partial charge in [-0.2, -0.15) is 8.42 Å². The molecule has 0 unspecified atom stereocenters. The number of aryl methyl sites for hydroxylation is 2. The fraction of sp³-hybridized carbons (Fsp3) is 0.417. The Balaban J connectivity index is 2.90. The maximum Gasteiger partial charge on any atom is 0.422 e. The molecule has 0 aromatic heterocycles. The van der Waals surface area contributed by atoms with Gasteiger partial charge in [0, 0.05) is 4.47 Å². The van der Waals surface area contributed by atoms with Crippen LogP contribution in [0.3, 0.4) is 0 Å². The first-order chi connectivity index (χ1) is 9.10. The number of halogens is 1. The summed E-state index contributed by atoms with van der Waals surface area (Å²) in [5, 5.41) is 0.